The van der Waals surface area contributed by atoms with Crippen LogP contribution in [0.2, 0.25) is 0 Å². The van der Waals surface area contributed by atoms with Crippen LogP contribution >= 0.6 is 0 Å². The molecular weight excluding hydrogens is 316 g/mol. The van der Waals surface area contributed by atoms with Gasteiger partial charge in [-0.25, -0.2) is 8.78 Å². The molecule has 0 aromatic heterocycles. The molecule has 0 saturated heterocycles. The van der Waals surface area contributed by atoms with Gasteiger partial charge < -0.3 is 19.9 Å². The molecule has 2 aromatic rings. The molecule has 0 amide bonds. The van der Waals surface area contributed by atoms with E-state index in [2.05, 4.69) is 0 Å². The molecule has 0 fully saturated rings. The van der Waals surface area contributed by atoms with Crippen molar-refractivity contribution in [2.75, 3.05) is 27.9 Å². The predicted octanol–water partition coefficient (Wildman–Crippen LogP) is 3.28. The summed E-state index contributed by atoms with van der Waals surface area (Å²) in [6.45, 7) is 0.293. The molecule has 0 aliphatic carbocycles. The first kappa shape index (κ1) is 18.0. The van der Waals surface area contributed by atoms with E-state index in [0.29, 0.717) is 35.8 Å². The lowest BCUT2D eigenvalue weighted by Crippen LogP contribution is -2.15. The third-order valence-corrected chi connectivity index (χ3v) is 3.91. The van der Waals surface area contributed by atoms with E-state index in [9.17, 15) is 8.78 Å². The number of benzene rings is 2. The Morgan fingerprint density at radius 1 is 0.917 bits per heavy atom. The SMILES string of the molecule is COc1cc(CC(CN)c2ccc(F)c(F)c2)cc(OC)c1OC. The highest BCUT2D eigenvalue weighted by Gasteiger charge is 2.17. The number of nitrogens with two attached hydrogens (primary N) is 1. The van der Waals surface area contributed by atoms with Crippen LogP contribution in [0, 0.1) is 11.6 Å². The van der Waals surface area contributed by atoms with Crippen molar-refractivity contribution in [3.8, 4) is 17.2 Å². The number of halogens is 2. The Balaban J connectivity index is 2.35. The van der Waals surface area contributed by atoms with Crippen molar-refractivity contribution in [3.05, 3.63) is 53.1 Å². The van der Waals surface area contributed by atoms with Gasteiger partial charge in [-0.2, -0.15) is 0 Å². The second-order valence-corrected chi connectivity index (χ2v) is 5.34. The van der Waals surface area contributed by atoms with E-state index in [1.165, 1.54) is 27.4 Å². The Labute approximate surface area is 140 Å². The Morgan fingerprint density at radius 2 is 1.54 bits per heavy atom. The van der Waals surface area contributed by atoms with Crippen molar-refractivity contribution in [1.29, 1.82) is 0 Å². The van der Waals surface area contributed by atoms with Gasteiger partial charge in [0.2, 0.25) is 5.75 Å². The number of methoxy groups -OCH3 is 3. The second kappa shape index (κ2) is 7.97. The van der Waals surface area contributed by atoms with Gasteiger partial charge in [0, 0.05) is 5.92 Å². The van der Waals surface area contributed by atoms with Gasteiger partial charge in [0.05, 0.1) is 21.3 Å². The van der Waals surface area contributed by atoms with Gasteiger partial charge in [-0.05, 0) is 48.4 Å². The Hall–Kier alpha value is -2.34. The molecule has 4 nitrogen and oxygen atoms in total. The van der Waals surface area contributed by atoms with Crippen LogP contribution in [-0.2, 0) is 6.42 Å². The first-order chi connectivity index (χ1) is 11.5. The second-order valence-electron chi connectivity index (χ2n) is 5.34. The average Bonchev–Trinajstić information content (AvgIpc) is 2.61. The number of hydrogen-bond donors (Lipinski definition) is 1. The molecular formula is C18H21F2NO3. The van der Waals surface area contributed by atoms with Crippen molar-refractivity contribution in [3.63, 3.8) is 0 Å². The molecule has 1 atom stereocenters. The van der Waals surface area contributed by atoms with E-state index in [4.69, 9.17) is 19.9 Å². The summed E-state index contributed by atoms with van der Waals surface area (Å²) in [6, 6.07) is 7.50. The molecule has 0 aliphatic rings. The molecule has 0 saturated carbocycles. The topological polar surface area (TPSA) is 53.7 Å². The van der Waals surface area contributed by atoms with Crippen LogP contribution in [0.3, 0.4) is 0 Å². The largest absolute Gasteiger partial charge is 0.493 e. The van der Waals surface area contributed by atoms with Crippen molar-refractivity contribution >= 4 is 0 Å². The van der Waals surface area contributed by atoms with Gasteiger partial charge in [-0.15, -0.1) is 0 Å². The lowest BCUT2D eigenvalue weighted by Gasteiger charge is -2.18. The molecule has 0 bridgehead atoms. The lowest BCUT2D eigenvalue weighted by molar-refractivity contribution is 0.323. The first-order valence-electron chi connectivity index (χ1n) is 7.47. The van der Waals surface area contributed by atoms with Crippen LogP contribution in [0.25, 0.3) is 0 Å². The zero-order valence-electron chi connectivity index (χ0n) is 13.9. The summed E-state index contributed by atoms with van der Waals surface area (Å²) >= 11 is 0. The standard InChI is InChI=1S/C18H21F2NO3/c1-22-16-7-11(8-17(23-2)18(16)24-3)6-13(10-21)12-4-5-14(19)15(20)9-12/h4-5,7-9,13H,6,10,21H2,1-3H3. The maximum absolute atomic E-state index is 13.5. The molecule has 2 aromatic carbocycles. The van der Waals surface area contributed by atoms with E-state index >= 15 is 0 Å². The summed E-state index contributed by atoms with van der Waals surface area (Å²) in [7, 11) is 4.61. The van der Waals surface area contributed by atoms with Gasteiger partial charge in [0.15, 0.2) is 23.1 Å². The van der Waals surface area contributed by atoms with Gasteiger partial charge in [-0.3, -0.25) is 0 Å². The molecule has 0 radical (unpaired) electrons. The van der Waals surface area contributed by atoms with Crippen LogP contribution in [0.1, 0.15) is 17.0 Å². The number of hydrogen-bond acceptors (Lipinski definition) is 4. The van der Waals surface area contributed by atoms with Gasteiger partial charge >= 0.3 is 0 Å². The molecule has 2 N–H and O–H groups in total. The quantitative estimate of drug-likeness (QED) is 0.842. The molecule has 1 unspecified atom stereocenters. The molecule has 0 spiro atoms. The van der Waals surface area contributed by atoms with E-state index in [0.717, 1.165) is 11.6 Å². The zero-order valence-corrected chi connectivity index (χ0v) is 13.9. The highest BCUT2D eigenvalue weighted by molar-refractivity contribution is 5.54. The fourth-order valence-electron chi connectivity index (χ4n) is 2.64. The predicted molar refractivity (Wildman–Crippen MR) is 88.0 cm³/mol. The maximum Gasteiger partial charge on any atom is 0.203 e. The highest BCUT2D eigenvalue weighted by atomic mass is 19.2. The minimum absolute atomic E-state index is 0.164. The third-order valence-electron chi connectivity index (χ3n) is 3.91. The van der Waals surface area contributed by atoms with Crippen LogP contribution in [0.5, 0.6) is 17.2 Å². The molecule has 0 heterocycles. The lowest BCUT2D eigenvalue weighted by atomic mass is 9.91. The summed E-state index contributed by atoms with van der Waals surface area (Å²) in [6.07, 6.45) is 0.526. The summed E-state index contributed by atoms with van der Waals surface area (Å²) in [5.41, 5.74) is 7.37. The van der Waals surface area contributed by atoms with Gasteiger partial charge in [-0.1, -0.05) is 6.07 Å². The van der Waals surface area contributed by atoms with Crippen molar-refractivity contribution < 1.29 is 23.0 Å². The van der Waals surface area contributed by atoms with E-state index in [-0.39, 0.29) is 5.92 Å². The van der Waals surface area contributed by atoms with Crippen molar-refractivity contribution in [2.24, 2.45) is 5.73 Å². The first-order valence-corrected chi connectivity index (χ1v) is 7.47. The fraction of sp³-hybridized carbons (Fsp3) is 0.333. The van der Waals surface area contributed by atoms with Gasteiger partial charge in [0.25, 0.3) is 0 Å². The van der Waals surface area contributed by atoms with Gasteiger partial charge in [0.1, 0.15) is 0 Å². The normalized spacial score (nSPS) is 11.9. The molecule has 130 valence electrons. The van der Waals surface area contributed by atoms with E-state index < -0.39 is 11.6 Å². The molecule has 0 aliphatic heterocycles. The molecule has 6 heteroatoms. The Kier molecular flexibility index (Phi) is 5.98. The van der Waals surface area contributed by atoms with Crippen LogP contribution in [0.15, 0.2) is 30.3 Å². The smallest absolute Gasteiger partial charge is 0.203 e. The molecule has 24 heavy (non-hydrogen) atoms. The Morgan fingerprint density at radius 3 is 2.00 bits per heavy atom. The molecule has 2 rings (SSSR count). The van der Waals surface area contributed by atoms with E-state index in [1.807, 2.05) is 12.1 Å². The highest BCUT2D eigenvalue weighted by Crippen LogP contribution is 2.39. The van der Waals surface area contributed by atoms with Crippen LogP contribution < -0.4 is 19.9 Å². The number of rotatable bonds is 7. The zero-order chi connectivity index (χ0) is 17.7. The monoisotopic (exact) mass is 337 g/mol. The minimum atomic E-state index is -0.879. The summed E-state index contributed by atoms with van der Waals surface area (Å²) in [4.78, 5) is 0. The summed E-state index contributed by atoms with van der Waals surface area (Å²) in [5.74, 6) is -0.345. The number of ether oxygens (including phenoxy) is 3. The van der Waals surface area contributed by atoms with Crippen molar-refractivity contribution in [1.82, 2.24) is 0 Å². The fourth-order valence-corrected chi connectivity index (χ4v) is 2.64. The average molecular weight is 337 g/mol. The summed E-state index contributed by atoms with van der Waals surface area (Å²) < 4.78 is 42.5. The third kappa shape index (κ3) is 3.76. The Bertz CT molecular complexity index is 682. The minimum Gasteiger partial charge on any atom is -0.493 e. The summed E-state index contributed by atoms with van der Waals surface area (Å²) in [5, 5.41) is 0. The maximum atomic E-state index is 13.5. The van der Waals surface area contributed by atoms with Crippen LogP contribution in [0.4, 0.5) is 8.78 Å². The van der Waals surface area contributed by atoms with Crippen molar-refractivity contribution in [2.45, 2.75) is 12.3 Å². The van der Waals surface area contributed by atoms with E-state index in [1.54, 1.807) is 6.07 Å². The van der Waals surface area contributed by atoms with Crippen LogP contribution in [-0.4, -0.2) is 27.9 Å².